The normalized spacial score (nSPS) is 9.48. The van der Waals surface area contributed by atoms with Crippen LogP contribution in [0.1, 0.15) is 13.8 Å². The van der Waals surface area contributed by atoms with Crippen molar-refractivity contribution in [2.75, 3.05) is 26.3 Å². The summed E-state index contributed by atoms with van der Waals surface area (Å²) in [5.74, 6) is -2.54. The number of nitrogens with zero attached hydrogens (tertiary/aromatic N) is 1. The van der Waals surface area contributed by atoms with E-state index >= 15 is 0 Å². The van der Waals surface area contributed by atoms with Crippen LogP contribution in [0.4, 0.5) is 0 Å². The molecule has 118 valence electrons. The van der Waals surface area contributed by atoms with E-state index in [1.54, 1.807) is 0 Å². The van der Waals surface area contributed by atoms with Gasteiger partial charge in [-0.25, -0.2) is 9.80 Å². The van der Waals surface area contributed by atoms with Gasteiger partial charge < -0.3 is 15.2 Å². The van der Waals surface area contributed by atoms with E-state index in [4.69, 9.17) is 15.2 Å². The third-order valence-corrected chi connectivity index (χ3v) is 1.98. The molecule has 2 amide bonds. The van der Waals surface area contributed by atoms with Crippen LogP contribution >= 0.6 is 0 Å². The minimum absolute atomic E-state index is 0.137. The molecule has 0 aliphatic carbocycles. The van der Waals surface area contributed by atoms with Crippen molar-refractivity contribution in [1.82, 2.24) is 10.4 Å². The van der Waals surface area contributed by atoms with E-state index in [1.807, 2.05) is 0 Å². The molecule has 0 aromatic rings. The number of nitrogens with two attached hydrogens (primary N) is 1. The number of rotatable bonds is 7. The Morgan fingerprint density at radius 1 is 1.14 bits per heavy atom. The summed E-state index contributed by atoms with van der Waals surface area (Å²) in [4.78, 5) is 44.8. The molecule has 0 spiro atoms. The Kier molecular flexibility index (Phi) is 8.39. The molecule has 0 aliphatic rings. The molecule has 9 heteroatoms. The van der Waals surface area contributed by atoms with Gasteiger partial charge in [0.15, 0.2) is 0 Å². The van der Waals surface area contributed by atoms with Gasteiger partial charge in [-0.3, -0.25) is 19.8 Å². The third kappa shape index (κ3) is 8.37. The fourth-order valence-electron chi connectivity index (χ4n) is 1.08. The van der Waals surface area contributed by atoms with Crippen LogP contribution in [0.3, 0.4) is 0 Å². The molecular formula is C12H19N3O6. The minimum atomic E-state index is -0.781. The first-order valence-electron chi connectivity index (χ1n) is 6.03. The van der Waals surface area contributed by atoms with Crippen molar-refractivity contribution in [3.8, 4) is 0 Å². The molecule has 0 aromatic heterocycles. The molecule has 0 saturated heterocycles. The van der Waals surface area contributed by atoms with Crippen LogP contribution < -0.4 is 11.2 Å². The smallest absolute Gasteiger partial charge is 0.333 e. The molecule has 0 radical (unpaired) electrons. The molecular weight excluding hydrogens is 282 g/mol. The summed E-state index contributed by atoms with van der Waals surface area (Å²) in [6.07, 6.45) is 0. The van der Waals surface area contributed by atoms with Crippen molar-refractivity contribution in [2.45, 2.75) is 13.8 Å². The van der Waals surface area contributed by atoms with Gasteiger partial charge in [-0.05, 0) is 6.92 Å². The number of esters is 2. The molecule has 0 unspecified atom stereocenters. The number of ether oxygens (including phenoxy) is 2. The lowest BCUT2D eigenvalue weighted by Crippen LogP contribution is -2.50. The van der Waals surface area contributed by atoms with Gasteiger partial charge >= 0.3 is 11.9 Å². The Labute approximate surface area is 122 Å². The van der Waals surface area contributed by atoms with Crippen molar-refractivity contribution < 1.29 is 28.7 Å². The Balaban J connectivity index is 4.14. The van der Waals surface area contributed by atoms with Crippen LogP contribution in [0.25, 0.3) is 0 Å². The topological polar surface area (TPSA) is 128 Å². The molecule has 9 nitrogen and oxygen atoms in total. The molecule has 0 aromatic carbocycles. The Bertz CT molecular complexity index is 435. The van der Waals surface area contributed by atoms with E-state index in [0.717, 1.165) is 5.01 Å². The fraction of sp³-hybridized carbons (Fsp3) is 0.500. The standard InChI is InChI=1S/C12H19N3O6/c1-8(2)12(19)21-5-4-20-11(18)7-15(10(17)6-13)14-9(3)16/h1,4-7,13H2,2-3H3,(H,14,16). The van der Waals surface area contributed by atoms with Crippen molar-refractivity contribution in [3.05, 3.63) is 12.2 Å². The SMILES string of the molecule is C=C(C)C(=O)OCCOC(=O)CN(NC(C)=O)C(=O)CN. The van der Waals surface area contributed by atoms with Crippen molar-refractivity contribution in [3.63, 3.8) is 0 Å². The highest BCUT2D eigenvalue weighted by molar-refractivity contribution is 5.87. The highest BCUT2D eigenvalue weighted by Crippen LogP contribution is 1.93. The van der Waals surface area contributed by atoms with Crippen LogP contribution in [0.5, 0.6) is 0 Å². The number of carbonyl (C=O) groups is 4. The number of hydrogen-bond acceptors (Lipinski definition) is 7. The molecule has 0 saturated carbocycles. The quantitative estimate of drug-likeness (QED) is 0.253. The maximum Gasteiger partial charge on any atom is 0.333 e. The van der Waals surface area contributed by atoms with Crippen molar-refractivity contribution in [2.24, 2.45) is 5.73 Å². The van der Waals surface area contributed by atoms with E-state index in [1.165, 1.54) is 13.8 Å². The van der Waals surface area contributed by atoms with Crippen LogP contribution in [-0.2, 0) is 28.7 Å². The molecule has 0 rings (SSSR count). The zero-order valence-corrected chi connectivity index (χ0v) is 12.0. The molecule has 0 heterocycles. The monoisotopic (exact) mass is 301 g/mol. The van der Waals surface area contributed by atoms with E-state index in [0.29, 0.717) is 0 Å². The molecule has 3 N–H and O–H groups in total. The number of hydrazine groups is 1. The second-order valence-corrected chi connectivity index (χ2v) is 3.99. The highest BCUT2D eigenvalue weighted by Gasteiger charge is 2.18. The van der Waals surface area contributed by atoms with Gasteiger partial charge in [0.25, 0.3) is 5.91 Å². The van der Waals surface area contributed by atoms with E-state index in [2.05, 4.69) is 12.0 Å². The number of carbonyl (C=O) groups excluding carboxylic acids is 4. The first-order chi connectivity index (χ1) is 9.77. The Hall–Kier alpha value is -2.42. The summed E-state index contributed by atoms with van der Waals surface area (Å²) < 4.78 is 9.45. The third-order valence-electron chi connectivity index (χ3n) is 1.98. The Morgan fingerprint density at radius 3 is 2.19 bits per heavy atom. The summed E-state index contributed by atoms with van der Waals surface area (Å²) in [5.41, 5.74) is 7.53. The predicted molar refractivity (Wildman–Crippen MR) is 71.3 cm³/mol. The predicted octanol–water partition coefficient (Wildman–Crippen LogP) is -1.51. The van der Waals surface area contributed by atoms with Crippen molar-refractivity contribution >= 4 is 23.8 Å². The van der Waals surface area contributed by atoms with Gasteiger partial charge in [0.1, 0.15) is 19.8 Å². The highest BCUT2D eigenvalue weighted by atomic mass is 16.6. The van der Waals surface area contributed by atoms with E-state index in [9.17, 15) is 19.2 Å². The minimum Gasteiger partial charge on any atom is -0.461 e. The van der Waals surface area contributed by atoms with Crippen LogP contribution in [0.15, 0.2) is 12.2 Å². The number of nitrogens with one attached hydrogen (secondary N) is 1. The zero-order chi connectivity index (χ0) is 16.4. The average molecular weight is 301 g/mol. The second-order valence-electron chi connectivity index (χ2n) is 3.99. The molecule has 0 bridgehead atoms. The lowest BCUT2D eigenvalue weighted by atomic mass is 10.4. The molecule has 21 heavy (non-hydrogen) atoms. The second kappa shape index (κ2) is 9.48. The van der Waals surface area contributed by atoms with Gasteiger partial charge in [-0.1, -0.05) is 6.58 Å². The summed E-state index contributed by atoms with van der Waals surface area (Å²) in [6, 6.07) is 0. The van der Waals surface area contributed by atoms with Gasteiger partial charge in [0, 0.05) is 12.5 Å². The van der Waals surface area contributed by atoms with Crippen LogP contribution in [0, 0.1) is 0 Å². The maximum atomic E-state index is 11.5. The maximum absolute atomic E-state index is 11.5. The number of hydrogen-bond donors (Lipinski definition) is 2. The Morgan fingerprint density at radius 2 is 1.71 bits per heavy atom. The first-order valence-corrected chi connectivity index (χ1v) is 6.03. The van der Waals surface area contributed by atoms with Gasteiger partial charge in [-0.2, -0.15) is 0 Å². The van der Waals surface area contributed by atoms with Crippen LogP contribution in [0.2, 0.25) is 0 Å². The number of amides is 2. The summed E-state index contributed by atoms with van der Waals surface area (Å²) >= 11 is 0. The fourth-order valence-corrected chi connectivity index (χ4v) is 1.08. The first kappa shape index (κ1) is 18.6. The summed E-state index contributed by atoms with van der Waals surface area (Å²) in [6.45, 7) is 4.87. The largest absolute Gasteiger partial charge is 0.461 e. The summed E-state index contributed by atoms with van der Waals surface area (Å²) in [5, 5.41) is 0.755. The molecule has 0 atom stereocenters. The van der Waals surface area contributed by atoms with Gasteiger partial charge in [0.05, 0.1) is 6.54 Å². The lowest BCUT2D eigenvalue weighted by Gasteiger charge is -2.20. The van der Waals surface area contributed by atoms with Crippen molar-refractivity contribution in [1.29, 1.82) is 0 Å². The zero-order valence-electron chi connectivity index (χ0n) is 12.0. The summed E-state index contributed by atoms with van der Waals surface area (Å²) in [7, 11) is 0. The van der Waals surface area contributed by atoms with Gasteiger partial charge in [-0.15, -0.1) is 0 Å². The molecule has 0 fully saturated rings. The van der Waals surface area contributed by atoms with E-state index in [-0.39, 0.29) is 25.3 Å². The van der Waals surface area contributed by atoms with E-state index < -0.39 is 30.3 Å². The lowest BCUT2D eigenvalue weighted by molar-refractivity contribution is -0.155. The average Bonchev–Trinajstić information content (AvgIpc) is 2.40. The van der Waals surface area contributed by atoms with Crippen LogP contribution in [-0.4, -0.2) is 55.1 Å². The molecule has 0 aliphatic heterocycles. The van der Waals surface area contributed by atoms with Gasteiger partial charge in [0.2, 0.25) is 5.91 Å².